The van der Waals surface area contributed by atoms with Gasteiger partial charge in [-0.2, -0.15) is 0 Å². The minimum Gasteiger partial charge on any atom is -0.325 e. The van der Waals surface area contributed by atoms with Crippen molar-refractivity contribution in [2.45, 2.75) is 25.7 Å². The third-order valence-corrected chi connectivity index (χ3v) is 5.54. The van der Waals surface area contributed by atoms with Crippen molar-refractivity contribution in [1.29, 1.82) is 0 Å². The summed E-state index contributed by atoms with van der Waals surface area (Å²) in [6.45, 7) is 3.68. The number of carbonyl (C=O) groups is 2. The molecule has 1 atom stereocenters. The molecule has 6 heteroatoms. The summed E-state index contributed by atoms with van der Waals surface area (Å²) in [5.74, 6) is -0.236. The van der Waals surface area contributed by atoms with Crippen LogP contribution in [0, 0.1) is 11.2 Å². The third-order valence-electron chi connectivity index (χ3n) is 5.54. The zero-order valence-corrected chi connectivity index (χ0v) is 13.7. The molecule has 0 N–H and O–H groups in total. The molecule has 0 aromatic heterocycles. The van der Waals surface area contributed by atoms with Gasteiger partial charge in [-0.3, -0.25) is 4.79 Å². The van der Waals surface area contributed by atoms with Gasteiger partial charge in [0.05, 0.1) is 0 Å². The Kier molecular flexibility index (Phi) is 3.70. The number of benzene rings is 1. The number of carbonyl (C=O) groups excluding carboxylic acids is 2. The molecule has 3 saturated heterocycles. The minimum absolute atomic E-state index is 0.0667. The number of rotatable bonds is 1. The second kappa shape index (κ2) is 5.76. The van der Waals surface area contributed by atoms with Crippen molar-refractivity contribution in [3.8, 4) is 0 Å². The topological polar surface area (TPSA) is 43.9 Å². The van der Waals surface area contributed by atoms with Crippen LogP contribution in [0.1, 0.15) is 25.7 Å². The van der Waals surface area contributed by atoms with Crippen LogP contribution >= 0.6 is 0 Å². The van der Waals surface area contributed by atoms with E-state index in [0.29, 0.717) is 19.5 Å². The number of anilines is 1. The Balaban J connectivity index is 1.46. The molecule has 128 valence electrons. The van der Waals surface area contributed by atoms with Crippen LogP contribution in [0.2, 0.25) is 0 Å². The van der Waals surface area contributed by atoms with Crippen molar-refractivity contribution >= 4 is 17.6 Å². The van der Waals surface area contributed by atoms with E-state index in [2.05, 4.69) is 0 Å². The first-order chi connectivity index (χ1) is 11.6. The molecule has 0 bridgehead atoms. The smallest absolute Gasteiger partial charge is 0.320 e. The summed E-state index contributed by atoms with van der Waals surface area (Å²) in [4.78, 5) is 30.6. The van der Waals surface area contributed by atoms with Gasteiger partial charge < -0.3 is 14.7 Å². The van der Waals surface area contributed by atoms with Gasteiger partial charge in [0.2, 0.25) is 5.91 Å². The Labute approximate surface area is 141 Å². The SMILES string of the molecule is O=C(N1CCCC1)N1CCC2(CC(=O)N(c3ccc(F)cc3)C2)C1. The molecule has 3 amide bonds. The van der Waals surface area contributed by atoms with Gasteiger partial charge in [-0.25, -0.2) is 9.18 Å². The van der Waals surface area contributed by atoms with Crippen LogP contribution in [0.4, 0.5) is 14.9 Å². The van der Waals surface area contributed by atoms with Crippen molar-refractivity contribution in [2.24, 2.45) is 5.41 Å². The predicted molar refractivity (Wildman–Crippen MR) is 88.2 cm³/mol. The van der Waals surface area contributed by atoms with E-state index >= 15 is 0 Å². The highest BCUT2D eigenvalue weighted by atomic mass is 19.1. The van der Waals surface area contributed by atoms with Gasteiger partial charge in [-0.15, -0.1) is 0 Å². The number of nitrogens with zero attached hydrogens (tertiary/aromatic N) is 3. The first kappa shape index (κ1) is 15.4. The van der Waals surface area contributed by atoms with Crippen molar-refractivity contribution < 1.29 is 14.0 Å². The summed E-state index contributed by atoms with van der Waals surface area (Å²) < 4.78 is 13.1. The number of hydrogen-bond acceptors (Lipinski definition) is 2. The molecule has 0 radical (unpaired) electrons. The number of amides is 3. The fourth-order valence-electron chi connectivity index (χ4n) is 4.23. The van der Waals surface area contributed by atoms with Crippen LogP contribution in [0.25, 0.3) is 0 Å². The standard InChI is InChI=1S/C18H22FN3O2/c19-14-3-5-15(6-4-14)22-13-18(11-16(22)23)7-10-21(12-18)17(24)20-8-1-2-9-20/h3-6H,1-2,7-13H2. The Morgan fingerprint density at radius 3 is 2.42 bits per heavy atom. The number of halogens is 1. The number of urea groups is 1. The van der Waals surface area contributed by atoms with Crippen LogP contribution in [0.15, 0.2) is 24.3 Å². The highest BCUT2D eigenvalue weighted by molar-refractivity contribution is 5.96. The Morgan fingerprint density at radius 2 is 1.71 bits per heavy atom. The van der Waals surface area contributed by atoms with Crippen molar-refractivity contribution in [3.05, 3.63) is 30.1 Å². The lowest BCUT2D eigenvalue weighted by Crippen LogP contribution is -2.42. The molecule has 3 aliphatic heterocycles. The molecular weight excluding hydrogens is 309 g/mol. The molecule has 1 aromatic rings. The molecule has 0 saturated carbocycles. The molecule has 4 rings (SSSR count). The maximum absolute atomic E-state index is 13.1. The summed E-state index contributed by atoms with van der Waals surface area (Å²) in [7, 11) is 0. The Morgan fingerprint density at radius 1 is 1.00 bits per heavy atom. The highest BCUT2D eigenvalue weighted by Crippen LogP contribution is 2.42. The van der Waals surface area contributed by atoms with Gasteiger partial charge in [-0.1, -0.05) is 0 Å². The highest BCUT2D eigenvalue weighted by Gasteiger charge is 2.49. The quantitative estimate of drug-likeness (QED) is 0.793. The van der Waals surface area contributed by atoms with E-state index in [4.69, 9.17) is 0 Å². The molecule has 24 heavy (non-hydrogen) atoms. The van der Waals surface area contributed by atoms with E-state index in [1.165, 1.54) is 12.1 Å². The summed E-state index contributed by atoms with van der Waals surface area (Å²) in [6, 6.07) is 6.18. The second-order valence-electron chi connectivity index (χ2n) is 7.28. The maximum Gasteiger partial charge on any atom is 0.320 e. The van der Waals surface area contributed by atoms with Gasteiger partial charge in [0.1, 0.15) is 5.82 Å². The normalized spacial score (nSPS) is 26.9. The number of likely N-dealkylation sites (tertiary alicyclic amines) is 2. The maximum atomic E-state index is 13.1. The minimum atomic E-state index is -0.302. The van der Waals surface area contributed by atoms with Crippen molar-refractivity contribution in [2.75, 3.05) is 37.6 Å². The molecule has 3 heterocycles. The second-order valence-corrected chi connectivity index (χ2v) is 7.28. The van der Waals surface area contributed by atoms with Crippen LogP contribution in [0.3, 0.4) is 0 Å². The molecule has 1 spiro atoms. The third kappa shape index (κ3) is 2.64. The zero-order chi connectivity index (χ0) is 16.7. The Hall–Kier alpha value is -2.11. The molecule has 3 aliphatic rings. The van der Waals surface area contributed by atoms with Crippen LogP contribution in [-0.4, -0.2) is 54.5 Å². The van der Waals surface area contributed by atoms with E-state index in [-0.39, 0.29) is 23.2 Å². The fourth-order valence-corrected chi connectivity index (χ4v) is 4.23. The van der Waals surface area contributed by atoms with E-state index in [0.717, 1.165) is 44.6 Å². The van der Waals surface area contributed by atoms with E-state index in [9.17, 15) is 14.0 Å². The van der Waals surface area contributed by atoms with Crippen LogP contribution in [0.5, 0.6) is 0 Å². The summed E-state index contributed by atoms with van der Waals surface area (Å²) in [5.41, 5.74) is 0.587. The first-order valence-corrected chi connectivity index (χ1v) is 8.66. The summed E-state index contributed by atoms with van der Waals surface area (Å²) >= 11 is 0. The molecule has 5 nitrogen and oxygen atoms in total. The van der Waals surface area contributed by atoms with E-state index in [1.807, 2.05) is 9.80 Å². The average Bonchev–Trinajstić information content (AvgIpc) is 3.29. The van der Waals surface area contributed by atoms with Gasteiger partial charge in [0, 0.05) is 50.2 Å². The monoisotopic (exact) mass is 331 g/mol. The average molecular weight is 331 g/mol. The van der Waals surface area contributed by atoms with Gasteiger partial charge in [0.15, 0.2) is 0 Å². The van der Waals surface area contributed by atoms with E-state index < -0.39 is 0 Å². The number of hydrogen-bond donors (Lipinski definition) is 0. The van der Waals surface area contributed by atoms with Crippen LogP contribution in [-0.2, 0) is 4.79 Å². The van der Waals surface area contributed by atoms with Gasteiger partial charge in [-0.05, 0) is 43.5 Å². The summed E-state index contributed by atoms with van der Waals surface area (Å²) in [5, 5.41) is 0. The lowest BCUT2D eigenvalue weighted by molar-refractivity contribution is -0.117. The van der Waals surface area contributed by atoms with Crippen molar-refractivity contribution in [3.63, 3.8) is 0 Å². The molecular formula is C18H22FN3O2. The van der Waals surface area contributed by atoms with Gasteiger partial charge in [0.25, 0.3) is 0 Å². The van der Waals surface area contributed by atoms with Crippen molar-refractivity contribution in [1.82, 2.24) is 9.80 Å². The molecule has 1 aromatic carbocycles. The largest absolute Gasteiger partial charge is 0.325 e. The zero-order valence-electron chi connectivity index (χ0n) is 13.7. The Bertz CT molecular complexity index is 657. The first-order valence-electron chi connectivity index (χ1n) is 8.66. The fraction of sp³-hybridized carbons (Fsp3) is 0.556. The van der Waals surface area contributed by atoms with E-state index in [1.54, 1.807) is 17.0 Å². The lowest BCUT2D eigenvalue weighted by Gasteiger charge is -2.27. The molecule has 1 unspecified atom stereocenters. The van der Waals surface area contributed by atoms with Gasteiger partial charge >= 0.3 is 6.03 Å². The van der Waals surface area contributed by atoms with Crippen LogP contribution < -0.4 is 4.90 Å². The predicted octanol–water partition coefficient (Wildman–Crippen LogP) is 2.47. The summed E-state index contributed by atoms with van der Waals surface area (Å²) in [6.07, 6.45) is 3.49. The lowest BCUT2D eigenvalue weighted by atomic mass is 9.86. The molecule has 3 fully saturated rings. The molecule has 0 aliphatic carbocycles.